The molecular formula is C14H17NO3. The van der Waals surface area contributed by atoms with E-state index in [1.807, 2.05) is 6.07 Å². The fourth-order valence-corrected chi connectivity index (χ4v) is 2.32. The molecule has 0 heterocycles. The Morgan fingerprint density at radius 3 is 2.61 bits per heavy atom. The number of aryl methyl sites for hydroxylation is 2. The van der Waals surface area contributed by atoms with Gasteiger partial charge in [-0.25, -0.2) is 0 Å². The van der Waals surface area contributed by atoms with Gasteiger partial charge in [0.2, 0.25) is 5.91 Å². The molecule has 0 spiro atoms. The van der Waals surface area contributed by atoms with Crippen molar-refractivity contribution in [1.29, 1.82) is 0 Å². The van der Waals surface area contributed by atoms with Crippen LogP contribution in [0.5, 0.6) is 0 Å². The van der Waals surface area contributed by atoms with E-state index < -0.39 is 5.97 Å². The van der Waals surface area contributed by atoms with Crippen LogP contribution in [0.4, 0.5) is 0 Å². The number of hydrogen-bond acceptors (Lipinski definition) is 2. The minimum absolute atomic E-state index is 0.242. The predicted molar refractivity (Wildman–Crippen MR) is 67.4 cm³/mol. The minimum atomic E-state index is -1.02. The summed E-state index contributed by atoms with van der Waals surface area (Å²) in [6, 6.07) is 6.13. The van der Waals surface area contributed by atoms with E-state index in [-0.39, 0.29) is 18.9 Å². The lowest BCUT2D eigenvalue weighted by atomic mass is 9.90. The highest BCUT2D eigenvalue weighted by atomic mass is 16.4. The Hall–Kier alpha value is -1.84. The van der Waals surface area contributed by atoms with Crippen LogP contribution in [0, 0.1) is 0 Å². The maximum atomic E-state index is 11.5. The zero-order valence-corrected chi connectivity index (χ0v) is 10.2. The van der Waals surface area contributed by atoms with Crippen molar-refractivity contribution in [1.82, 2.24) is 5.32 Å². The number of fused-ring (bicyclic) bond motifs is 1. The number of carbonyl (C=O) groups excluding carboxylic acids is 1. The lowest BCUT2D eigenvalue weighted by Crippen LogP contribution is -2.30. The first-order valence-electron chi connectivity index (χ1n) is 6.24. The first-order valence-corrected chi connectivity index (χ1v) is 6.24. The maximum Gasteiger partial charge on any atom is 0.322 e. The van der Waals surface area contributed by atoms with Crippen LogP contribution in [0.15, 0.2) is 18.2 Å². The number of carbonyl (C=O) groups is 2. The summed E-state index contributed by atoms with van der Waals surface area (Å²) in [7, 11) is 0. The topological polar surface area (TPSA) is 66.4 Å². The van der Waals surface area contributed by atoms with Crippen LogP contribution in [0.2, 0.25) is 0 Å². The maximum absolute atomic E-state index is 11.5. The van der Waals surface area contributed by atoms with Gasteiger partial charge in [-0.15, -0.1) is 0 Å². The van der Waals surface area contributed by atoms with E-state index >= 15 is 0 Å². The number of benzene rings is 1. The molecule has 2 N–H and O–H groups in total. The SMILES string of the molecule is O=C(O)CNC(=O)Cc1ccc2c(c1)CCCC2. The molecule has 0 atom stereocenters. The van der Waals surface area contributed by atoms with Crippen LogP contribution in [-0.4, -0.2) is 23.5 Å². The van der Waals surface area contributed by atoms with E-state index in [9.17, 15) is 9.59 Å². The number of rotatable bonds is 4. The Balaban J connectivity index is 1.97. The summed E-state index contributed by atoms with van der Waals surface area (Å²) in [5.74, 6) is -1.26. The number of carboxylic acid groups (broad SMARTS) is 1. The van der Waals surface area contributed by atoms with Gasteiger partial charge in [0.15, 0.2) is 0 Å². The summed E-state index contributed by atoms with van der Waals surface area (Å²) in [6.45, 7) is -0.316. The van der Waals surface area contributed by atoms with Gasteiger partial charge < -0.3 is 10.4 Å². The third kappa shape index (κ3) is 3.32. The molecule has 1 aliphatic rings. The summed E-state index contributed by atoms with van der Waals surface area (Å²) < 4.78 is 0. The van der Waals surface area contributed by atoms with Gasteiger partial charge in [0, 0.05) is 0 Å². The molecule has 0 saturated carbocycles. The molecule has 0 aliphatic heterocycles. The Kier molecular flexibility index (Phi) is 3.97. The summed E-state index contributed by atoms with van der Waals surface area (Å²) in [5.41, 5.74) is 3.68. The molecule has 0 saturated heterocycles. The summed E-state index contributed by atoms with van der Waals surface area (Å²) >= 11 is 0. The van der Waals surface area contributed by atoms with Crippen LogP contribution in [0.3, 0.4) is 0 Å². The second kappa shape index (κ2) is 5.67. The Bertz CT molecular complexity index is 468. The average Bonchev–Trinajstić information content (AvgIpc) is 2.36. The Morgan fingerprint density at radius 1 is 1.17 bits per heavy atom. The second-order valence-electron chi connectivity index (χ2n) is 4.66. The molecule has 1 aromatic rings. The third-order valence-corrected chi connectivity index (χ3v) is 3.21. The van der Waals surface area contributed by atoms with Gasteiger partial charge in [-0.2, -0.15) is 0 Å². The average molecular weight is 247 g/mol. The number of hydrogen-bond donors (Lipinski definition) is 2. The number of carboxylic acids is 1. The van der Waals surface area contributed by atoms with Gasteiger partial charge in [-0.1, -0.05) is 18.2 Å². The molecule has 0 radical (unpaired) electrons. The molecule has 1 aromatic carbocycles. The first kappa shape index (κ1) is 12.6. The zero-order valence-electron chi connectivity index (χ0n) is 10.2. The fourth-order valence-electron chi connectivity index (χ4n) is 2.32. The van der Waals surface area contributed by atoms with Crippen molar-refractivity contribution in [2.75, 3.05) is 6.54 Å². The van der Waals surface area contributed by atoms with Crippen molar-refractivity contribution in [2.24, 2.45) is 0 Å². The van der Waals surface area contributed by atoms with Gasteiger partial charge in [0.1, 0.15) is 6.54 Å². The number of nitrogens with one attached hydrogen (secondary N) is 1. The van der Waals surface area contributed by atoms with Crippen molar-refractivity contribution in [2.45, 2.75) is 32.1 Å². The van der Waals surface area contributed by atoms with Crippen LogP contribution in [0.1, 0.15) is 29.5 Å². The quantitative estimate of drug-likeness (QED) is 0.843. The van der Waals surface area contributed by atoms with E-state index in [1.54, 1.807) is 0 Å². The summed E-state index contributed by atoms with van der Waals surface area (Å²) in [5, 5.41) is 10.8. The number of aliphatic carboxylic acids is 1. The van der Waals surface area contributed by atoms with Gasteiger partial charge in [-0.3, -0.25) is 9.59 Å². The molecule has 0 bridgehead atoms. The third-order valence-electron chi connectivity index (χ3n) is 3.21. The van der Waals surface area contributed by atoms with Gasteiger partial charge in [0.05, 0.1) is 6.42 Å². The van der Waals surface area contributed by atoms with Gasteiger partial charge in [0.25, 0.3) is 0 Å². The predicted octanol–water partition coefficient (Wildman–Crippen LogP) is 1.31. The normalized spacial score (nSPS) is 13.8. The summed E-state index contributed by atoms with van der Waals surface area (Å²) in [4.78, 5) is 21.8. The van der Waals surface area contributed by atoms with Crippen molar-refractivity contribution in [3.8, 4) is 0 Å². The minimum Gasteiger partial charge on any atom is -0.480 e. The molecule has 96 valence electrons. The van der Waals surface area contributed by atoms with E-state index in [4.69, 9.17) is 5.11 Å². The van der Waals surface area contributed by atoms with Crippen LogP contribution in [0.25, 0.3) is 0 Å². The monoisotopic (exact) mass is 247 g/mol. The lowest BCUT2D eigenvalue weighted by Gasteiger charge is -2.16. The first-order chi connectivity index (χ1) is 8.65. The molecular weight excluding hydrogens is 230 g/mol. The zero-order chi connectivity index (χ0) is 13.0. The highest BCUT2D eigenvalue weighted by Gasteiger charge is 2.11. The highest BCUT2D eigenvalue weighted by molar-refractivity contribution is 5.82. The smallest absolute Gasteiger partial charge is 0.322 e. The van der Waals surface area contributed by atoms with Crippen molar-refractivity contribution >= 4 is 11.9 Å². The molecule has 0 unspecified atom stereocenters. The molecule has 18 heavy (non-hydrogen) atoms. The van der Waals surface area contributed by atoms with Gasteiger partial charge >= 0.3 is 5.97 Å². The van der Waals surface area contributed by atoms with E-state index in [1.165, 1.54) is 24.0 Å². The van der Waals surface area contributed by atoms with E-state index in [2.05, 4.69) is 17.4 Å². The molecule has 1 aliphatic carbocycles. The molecule has 4 nitrogen and oxygen atoms in total. The molecule has 2 rings (SSSR count). The Morgan fingerprint density at radius 2 is 1.89 bits per heavy atom. The molecule has 1 amide bonds. The van der Waals surface area contributed by atoms with Gasteiger partial charge in [-0.05, 0) is 42.4 Å². The van der Waals surface area contributed by atoms with Crippen molar-refractivity contribution in [3.63, 3.8) is 0 Å². The largest absolute Gasteiger partial charge is 0.480 e. The molecule has 0 aromatic heterocycles. The van der Waals surface area contributed by atoms with E-state index in [0.29, 0.717) is 0 Å². The molecule has 0 fully saturated rings. The van der Waals surface area contributed by atoms with Crippen molar-refractivity contribution < 1.29 is 14.7 Å². The fraction of sp³-hybridized carbons (Fsp3) is 0.429. The standard InChI is InChI=1S/C14H17NO3/c16-13(15-9-14(17)18)8-10-5-6-11-3-1-2-4-12(11)7-10/h5-7H,1-4,8-9H2,(H,15,16)(H,17,18). The summed E-state index contributed by atoms with van der Waals surface area (Å²) in [6.07, 6.45) is 4.91. The van der Waals surface area contributed by atoms with Crippen LogP contribution < -0.4 is 5.32 Å². The van der Waals surface area contributed by atoms with Crippen LogP contribution in [-0.2, 0) is 28.9 Å². The van der Waals surface area contributed by atoms with Crippen LogP contribution >= 0.6 is 0 Å². The highest BCUT2D eigenvalue weighted by Crippen LogP contribution is 2.22. The lowest BCUT2D eigenvalue weighted by molar-refractivity contribution is -0.137. The Labute approximate surface area is 106 Å². The molecule has 4 heteroatoms. The second-order valence-corrected chi connectivity index (χ2v) is 4.66. The van der Waals surface area contributed by atoms with E-state index in [0.717, 1.165) is 18.4 Å². The van der Waals surface area contributed by atoms with Crippen molar-refractivity contribution in [3.05, 3.63) is 34.9 Å². The number of amides is 1.